The lowest BCUT2D eigenvalue weighted by Gasteiger charge is -2.12. The summed E-state index contributed by atoms with van der Waals surface area (Å²) in [5.41, 5.74) is 1.62. The van der Waals surface area contributed by atoms with Gasteiger partial charge in [0.2, 0.25) is 0 Å². The number of methoxy groups -OCH3 is 1. The van der Waals surface area contributed by atoms with Crippen molar-refractivity contribution in [2.45, 2.75) is 6.92 Å². The Labute approximate surface area is 137 Å². The molecule has 110 valence electrons. The monoisotopic (exact) mass is 344 g/mol. The summed E-state index contributed by atoms with van der Waals surface area (Å²) in [6.45, 7) is 1.83. The molecule has 1 N–H and O–H groups in total. The van der Waals surface area contributed by atoms with E-state index in [4.69, 9.17) is 39.5 Å². The van der Waals surface area contributed by atoms with Gasteiger partial charge >= 0.3 is 0 Å². The van der Waals surface area contributed by atoms with Gasteiger partial charge < -0.3 is 10.1 Å². The maximum atomic E-state index is 12.2. The fourth-order valence-corrected chi connectivity index (χ4v) is 2.09. The van der Waals surface area contributed by atoms with Gasteiger partial charge in [-0.15, -0.1) is 0 Å². The van der Waals surface area contributed by atoms with Crippen molar-refractivity contribution >= 4 is 46.4 Å². The maximum Gasteiger partial charge on any atom is 0.257 e. The highest BCUT2D eigenvalue weighted by Gasteiger charge is 2.13. The van der Waals surface area contributed by atoms with Crippen molar-refractivity contribution in [2.24, 2.45) is 0 Å². The molecule has 0 bridgehead atoms. The Bertz CT molecular complexity index is 705. The van der Waals surface area contributed by atoms with E-state index in [0.29, 0.717) is 22.0 Å². The summed E-state index contributed by atoms with van der Waals surface area (Å²) < 4.78 is 5.20. The minimum absolute atomic E-state index is 0.146. The minimum Gasteiger partial charge on any atom is -0.495 e. The lowest BCUT2D eigenvalue weighted by molar-refractivity contribution is 0.102. The molecule has 0 radical (unpaired) electrons. The minimum atomic E-state index is -0.374. The molecular weight excluding hydrogens is 335 g/mol. The van der Waals surface area contributed by atoms with Crippen LogP contribution >= 0.6 is 34.8 Å². The molecule has 0 spiro atoms. The average Bonchev–Trinajstić information content (AvgIpc) is 2.45. The van der Waals surface area contributed by atoms with Crippen LogP contribution in [0.2, 0.25) is 15.2 Å². The highest BCUT2D eigenvalue weighted by molar-refractivity contribution is 6.41. The van der Waals surface area contributed by atoms with E-state index in [1.165, 1.54) is 19.4 Å². The van der Waals surface area contributed by atoms with Crippen LogP contribution in [0, 0.1) is 6.92 Å². The van der Waals surface area contributed by atoms with E-state index in [-0.39, 0.29) is 16.1 Å². The fourth-order valence-electron chi connectivity index (χ4n) is 1.67. The number of carbonyl (C=O) groups is 1. The first-order valence-electron chi connectivity index (χ1n) is 5.89. The zero-order valence-electron chi connectivity index (χ0n) is 11.2. The maximum absolute atomic E-state index is 12.2. The molecule has 2 aromatic rings. The summed E-state index contributed by atoms with van der Waals surface area (Å²) in [5.74, 6) is 0.0908. The highest BCUT2D eigenvalue weighted by Crippen LogP contribution is 2.31. The van der Waals surface area contributed by atoms with E-state index in [1.807, 2.05) is 6.92 Å². The number of nitrogens with one attached hydrogen (secondary N) is 1. The molecule has 1 aromatic heterocycles. The second kappa shape index (κ2) is 6.52. The zero-order chi connectivity index (χ0) is 15.6. The van der Waals surface area contributed by atoms with Crippen molar-refractivity contribution in [3.63, 3.8) is 0 Å². The first-order valence-corrected chi connectivity index (χ1v) is 7.02. The number of amides is 1. The third-order valence-electron chi connectivity index (χ3n) is 2.79. The summed E-state index contributed by atoms with van der Waals surface area (Å²) in [4.78, 5) is 16.0. The third-order valence-corrected chi connectivity index (χ3v) is 3.88. The van der Waals surface area contributed by atoms with Gasteiger partial charge in [-0.25, -0.2) is 4.98 Å². The Morgan fingerprint density at radius 1 is 1.19 bits per heavy atom. The molecule has 1 heterocycles. The number of carbonyl (C=O) groups excluding carboxylic acids is 1. The molecule has 0 unspecified atom stereocenters. The van der Waals surface area contributed by atoms with Crippen molar-refractivity contribution in [1.29, 1.82) is 0 Å². The number of anilines is 1. The lowest BCUT2D eigenvalue weighted by Crippen LogP contribution is -2.13. The summed E-state index contributed by atoms with van der Waals surface area (Å²) in [5, 5.41) is 3.64. The number of benzene rings is 1. The summed E-state index contributed by atoms with van der Waals surface area (Å²) in [6.07, 6.45) is 1.35. The average molecular weight is 346 g/mol. The number of ether oxygens (including phenoxy) is 1. The Kier molecular flexibility index (Phi) is 4.93. The van der Waals surface area contributed by atoms with Gasteiger partial charge in [0.15, 0.2) is 0 Å². The molecule has 0 aliphatic rings. The second-order valence-electron chi connectivity index (χ2n) is 4.25. The molecule has 2 rings (SSSR count). The number of aryl methyl sites for hydroxylation is 1. The van der Waals surface area contributed by atoms with Gasteiger partial charge in [-0.3, -0.25) is 4.79 Å². The van der Waals surface area contributed by atoms with E-state index in [0.717, 1.165) is 5.56 Å². The van der Waals surface area contributed by atoms with Gasteiger partial charge in [0.25, 0.3) is 5.91 Å². The zero-order valence-corrected chi connectivity index (χ0v) is 13.5. The standard InChI is InChI=1S/C14H11Cl3N2O2/c1-7-3-11(12(21-2)5-9(7)15)19-14(20)8-4-10(16)13(17)18-6-8/h3-6H,1-2H3,(H,19,20). The van der Waals surface area contributed by atoms with Gasteiger partial charge in [-0.05, 0) is 24.6 Å². The van der Waals surface area contributed by atoms with Gasteiger partial charge in [-0.2, -0.15) is 0 Å². The normalized spacial score (nSPS) is 10.3. The second-order valence-corrected chi connectivity index (χ2v) is 5.42. The van der Waals surface area contributed by atoms with Crippen LogP contribution in [0.15, 0.2) is 24.4 Å². The molecule has 0 saturated heterocycles. The number of pyridine rings is 1. The predicted molar refractivity (Wildman–Crippen MR) is 85.0 cm³/mol. The van der Waals surface area contributed by atoms with Gasteiger partial charge in [0.05, 0.1) is 23.4 Å². The number of hydrogen-bond donors (Lipinski definition) is 1. The Morgan fingerprint density at radius 2 is 1.90 bits per heavy atom. The number of halogens is 3. The number of nitrogens with zero attached hydrogens (tertiary/aromatic N) is 1. The lowest BCUT2D eigenvalue weighted by atomic mass is 10.2. The van der Waals surface area contributed by atoms with Crippen molar-refractivity contribution in [3.05, 3.63) is 50.7 Å². The molecule has 4 nitrogen and oxygen atoms in total. The van der Waals surface area contributed by atoms with E-state index >= 15 is 0 Å². The molecule has 0 saturated carbocycles. The van der Waals surface area contributed by atoms with E-state index < -0.39 is 0 Å². The number of hydrogen-bond acceptors (Lipinski definition) is 3. The van der Waals surface area contributed by atoms with Gasteiger partial charge in [0, 0.05) is 17.3 Å². The molecule has 1 amide bonds. The molecular formula is C14H11Cl3N2O2. The fraction of sp³-hybridized carbons (Fsp3) is 0.143. The van der Waals surface area contributed by atoms with Crippen LogP contribution in [0.25, 0.3) is 0 Å². The Morgan fingerprint density at radius 3 is 2.52 bits per heavy atom. The van der Waals surface area contributed by atoms with Crippen molar-refractivity contribution in [2.75, 3.05) is 12.4 Å². The smallest absolute Gasteiger partial charge is 0.257 e. The van der Waals surface area contributed by atoms with Crippen LogP contribution < -0.4 is 10.1 Å². The topological polar surface area (TPSA) is 51.2 Å². The van der Waals surface area contributed by atoms with Crippen molar-refractivity contribution in [1.82, 2.24) is 4.98 Å². The van der Waals surface area contributed by atoms with E-state index in [2.05, 4.69) is 10.3 Å². The van der Waals surface area contributed by atoms with Gasteiger partial charge in [-0.1, -0.05) is 34.8 Å². The third kappa shape index (κ3) is 3.59. The van der Waals surface area contributed by atoms with Gasteiger partial charge in [0.1, 0.15) is 10.9 Å². The van der Waals surface area contributed by atoms with Crippen LogP contribution in [-0.4, -0.2) is 18.0 Å². The molecule has 0 atom stereocenters. The molecule has 21 heavy (non-hydrogen) atoms. The SMILES string of the molecule is COc1cc(Cl)c(C)cc1NC(=O)c1cnc(Cl)c(Cl)c1. The molecule has 0 aliphatic carbocycles. The van der Waals surface area contributed by atoms with Crippen LogP contribution in [0.4, 0.5) is 5.69 Å². The highest BCUT2D eigenvalue weighted by atomic mass is 35.5. The number of aromatic nitrogens is 1. The van der Waals surface area contributed by atoms with Crippen LogP contribution in [0.5, 0.6) is 5.75 Å². The molecule has 0 fully saturated rings. The van der Waals surface area contributed by atoms with Crippen molar-refractivity contribution < 1.29 is 9.53 Å². The number of rotatable bonds is 3. The summed E-state index contributed by atoms with van der Waals surface area (Å²) in [6, 6.07) is 4.81. The van der Waals surface area contributed by atoms with Crippen LogP contribution in [0.3, 0.4) is 0 Å². The predicted octanol–water partition coefficient (Wildman–Crippen LogP) is 4.61. The Hall–Kier alpha value is -1.49. The van der Waals surface area contributed by atoms with Crippen LogP contribution in [0.1, 0.15) is 15.9 Å². The van der Waals surface area contributed by atoms with Crippen molar-refractivity contribution in [3.8, 4) is 5.75 Å². The first kappa shape index (κ1) is 15.9. The quantitative estimate of drug-likeness (QED) is 0.826. The van der Waals surface area contributed by atoms with E-state index in [9.17, 15) is 4.79 Å². The van der Waals surface area contributed by atoms with Crippen LogP contribution in [-0.2, 0) is 0 Å². The Balaban J connectivity index is 2.31. The summed E-state index contributed by atoms with van der Waals surface area (Å²) in [7, 11) is 1.50. The summed E-state index contributed by atoms with van der Waals surface area (Å²) >= 11 is 17.6. The molecule has 7 heteroatoms. The largest absolute Gasteiger partial charge is 0.495 e. The molecule has 0 aliphatic heterocycles. The molecule has 1 aromatic carbocycles. The first-order chi connectivity index (χ1) is 9.92. The van der Waals surface area contributed by atoms with E-state index in [1.54, 1.807) is 12.1 Å².